The fraction of sp³-hybridized carbons (Fsp3) is 0.200. The summed E-state index contributed by atoms with van der Waals surface area (Å²) >= 11 is 0. The van der Waals surface area contributed by atoms with E-state index in [1.54, 1.807) is 4.57 Å². The van der Waals surface area contributed by atoms with Crippen LogP contribution in [0.2, 0.25) is 0 Å². The number of hydrogen-bond acceptors (Lipinski definition) is 2. The van der Waals surface area contributed by atoms with E-state index in [-0.39, 0.29) is 33.4 Å². The number of aromatic nitrogens is 4. The molecule has 0 saturated heterocycles. The summed E-state index contributed by atoms with van der Waals surface area (Å²) in [5, 5.41) is 2.13. The molecule has 3 heterocycles. The van der Waals surface area contributed by atoms with Crippen molar-refractivity contribution in [2.75, 3.05) is 0 Å². The summed E-state index contributed by atoms with van der Waals surface area (Å²) < 4.78 is 103. The molecule has 0 radical (unpaired) electrons. The third-order valence-electron chi connectivity index (χ3n) is 12.0. The molecule has 0 aliphatic carbocycles. The number of rotatable bonds is 7. The van der Waals surface area contributed by atoms with Crippen LogP contribution in [0.15, 0.2) is 176 Å². The van der Waals surface area contributed by atoms with Crippen LogP contribution in [0.1, 0.15) is 92.7 Å². The normalized spacial score (nSPS) is 14.5. The minimum absolute atomic E-state index is 0.0947. The first-order valence-corrected chi connectivity index (χ1v) is 21.9. The van der Waals surface area contributed by atoms with Crippen molar-refractivity contribution in [3.05, 3.63) is 199 Å². The average molecular weight is 859 g/mol. The third-order valence-corrected chi connectivity index (χ3v) is 12.0. The molecule has 3 aromatic heterocycles. The lowest BCUT2D eigenvalue weighted by atomic mass is 9.73. The molecular weight excluding hydrogens is 793 g/mol. The molecule has 0 N–H and O–H groups in total. The van der Waals surface area contributed by atoms with Crippen molar-refractivity contribution in [1.82, 2.24) is 14.1 Å². The summed E-state index contributed by atoms with van der Waals surface area (Å²) in [7, 11) is 0. The smallest absolute Gasteiger partial charge is 0.269 e. The standard InChI is InChI=1S/C60H56N4O/c1-58(2,3)42-33-34-61-54(35-42)64-50-28-17-16-27-46(50)47-32-31-45(37-53(47)64)65-44-26-20-25-43(36-44)62-39-63(52-30-19-18-29-51(52)62)57-55(40-21-12-10-13-22-40)48(59(4,5)6)38-49(60(7,8)9)56(57)41-23-14-11-15-24-41/h10-38H,1-9H3/i10D,11D,12D,13D,14D,15D,21D,22D,23D,24D. The Morgan fingerprint density at radius 3 is 1.80 bits per heavy atom. The van der Waals surface area contributed by atoms with Gasteiger partial charge in [-0.15, -0.1) is 0 Å². The summed E-state index contributed by atoms with van der Waals surface area (Å²) in [6.07, 6.45) is 5.44. The number of nitrogens with zero attached hydrogens (tertiary/aromatic N) is 4. The predicted molar refractivity (Wildman–Crippen MR) is 269 cm³/mol. The number of ether oxygens (including phenoxy) is 1. The van der Waals surface area contributed by atoms with Crippen molar-refractivity contribution in [2.45, 2.75) is 78.6 Å². The summed E-state index contributed by atoms with van der Waals surface area (Å²) in [6, 6.07) is 30.4. The fourth-order valence-electron chi connectivity index (χ4n) is 8.84. The van der Waals surface area contributed by atoms with Gasteiger partial charge in [0, 0.05) is 23.0 Å². The van der Waals surface area contributed by atoms with Gasteiger partial charge in [0.05, 0.1) is 47.1 Å². The highest BCUT2D eigenvalue weighted by molar-refractivity contribution is 6.09. The minimum Gasteiger partial charge on any atom is -0.458 e. The zero-order chi connectivity index (χ0) is 54.0. The van der Waals surface area contributed by atoms with E-state index in [4.69, 9.17) is 17.9 Å². The van der Waals surface area contributed by atoms with Crippen LogP contribution in [-0.4, -0.2) is 14.1 Å². The summed E-state index contributed by atoms with van der Waals surface area (Å²) in [6.45, 7) is 18.4. The molecule has 10 aromatic rings. The topological polar surface area (TPSA) is 35.9 Å². The van der Waals surface area contributed by atoms with Gasteiger partial charge in [-0.2, -0.15) is 0 Å². The van der Waals surface area contributed by atoms with Crippen LogP contribution in [0.5, 0.6) is 11.5 Å². The zero-order valence-corrected chi connectivity index (χ0v) is 38.2. The van der Waals surface area contributed by atoms with E-state index >= 15 is 0 Å². The molecule has 0 amide bonds. The number of hydrogen-bond donors (Lipinski definition) is 0. The molecule has 10 rings (SSSR count). The lowest BCUT2D eigenvalue weighted by Crippen LogP contribution is -2.34. The lowest BCUT2D eigenvalue weighted by Gasteiger charge is -2.33. The molecule has 0 saturated carbocycles. The van der Waals surface area contributed by atoms with E-state index in [1.807, 2.05) is 131 Å². The summed E-state index contributed by atoms with van der Waals surface area (Å²) in [5.41, 5.74) is 5.09. The van der Waals surface area contributed by atoms with Gasteiger partial charge in [0.1, 0.15) is 17.3 Å². The van der Waals surface area contributed by atoms with E-state index in [9.17, 15) is 5.48 Å². The predicted octanol–water partition coefficient (Wildman–Crippen LogP) is 15.2. The molecule has 0 fully saturated rings. The van der Waals surface area contributed by atoms with Gasteiger partial charge < -0.3 is 4.74 Å². The van der Waals surface area contributed by atoms with E-state index in [0.29, 0.717) is 39.3 Å². The highest BCUT2D eigenvalue weighted by atomic mass is 16.5. The first-order valence-electron chi connectivity index (χ1n) is 26.9. The Labute approximate surface area is 397 Å². The third kappa shape index (κ3) is 7.59. The Balaban J connectivity index is 1.24. The molecule has 5 nitrogen and oxygen atoms in total. The lowest BCUT2D eigenvalue weighted by molar-refractivity contribution is -0.571. The second-order valence-corrected chi connectivity index (χ2v) is 19.6. The van der Waals surface area contributed by atoms with Gasteiger partial charge in [-0.3, -0.25) is 13.7 Å². The monoisotopic (exact) mass is 859 g/mol. The summed E-state index contributed by atoms with van der Waals surface area (Å²) in [5.74, 6) is 1.90. The van der Waals surface area contributed by atoms with Gasteiger partial charge in [0.25, 0.3) is 6.33 Å². The Morgan fingerprint density at radius 2 is 1.15 bits per heavy atom. The molecule has 0 atom stereocenters. The molecule has 0 aliphatic heterocycles. The number of benzene rings is 7. The van der Waals surface area contributed by atoms with Gasteiger partial charge in [-0.1, -0.05) is 177 Å². The fourth-order valence-corrected chi connectivity index (χ4v) is 8.84. The number of para-hydroxylation sites is 3. The Kier molecular flexibility index (Phi) is 7.67. The highest BCUT2D eigenvalue weighted by Gasteiger charge is 2.32. The molecule has 0 aliphatic rings. The van der Waals surface area contributed by atoms with Crippen molar-refractivity contribution in [1.29, 1.82) is 0 Å². The zero-order valence-electron chi connectivity index (χ0n) is 48.2. The highest BCUT2D eigenvalue weighted by Crippen LogP contribution is 2.46. The molecular formula is C60H56N4O. The van der Waals surface area contributed by atoms with Crippen LogP contribution >= 0.6 is 0 Å². The maximum absolute atomic E-state index is 9.47. The Hall–Kier alpha value is -7.24. The maximum Gasteiger partial charge on any atom is 0.269 e. The van der Waals surface area contributed by atoms with Crippen LogP contribution < -0.4 is 9.30 Å². The van der Waals surface area contributed by atoms with E-state index in [2.05, 4.69) is 62.0 Å². The molecule has 0 bridgehead atoms. The quantitative estimate of drug-likeness (QED) is 0.118. The second-order valence-electron chi connectivity index (χ2n) is 19.6. The van der Waals surface area contributed by atoms with Crippen molar-refractivity contribution in [3.63, 3.8) is 0 Å². The molecule has 5 heteroatoms. The van der Waals surface area contributed by atoms with Crippen LogP contribution in [0.25, 0.3) is 72.3 Å². The number of pyridine rings is 1. The van der Waals surface area contributed by atoms with E-state index in [1.165, 1.54) is 0 Å². The van der Waals surface area contributed by atoms with Crippen molar-refractivity contribution >= 4 is 32.8 Å². The van der Waals surface area contributed by atoms with Crippen molar-refractivity contribution < 1.29 is 23.0 Å². The molecule has 322 valence electrons. The van der Waals surface area contributed by atoms with E-state index in [0.717, 1.165) is 33.2 Å². The minimum atomic E-state index is -0.750. The summed E-state index contributed by atoms with van der Waals surface area (Å²) in [4.78, 5) is 4.85. The molecule has 65 heavy (non-hydrogen) atoms. The van der Waals surface area contributed by atoms with Gasteiger partial charge >= 0.3 is 0 Å². The number of fused-ring (bicyclic) bond motifs is 4. The Bertz CT molecular complexity index is 3840. The maximum atomic E-state index is 9.47. The van der Waals surface area contributed by atoms with Crippen LogP contribution in [0, 0.1) is 6.33 Å². The second kappa shape index (κ2) is 15.8. The van der Waals surface area contributed by atoms with Gasteiger partial charge in [0.2, 0.25) is 0 Å². The van der Waals surface area contributed by atoms with Crippen LogP contribution in [0.3, 0.4) is 0 Å². The first-order chi connectivity index (χ1) is 35.3. The largest absolute Gasteiger partial charge is 0.458 e. The van der Waals surface area contributed by atoms with Gasteiger partial charge in [0.15, 0.2) is 0 Å². The van der Waals surface area contributed by atoms with Crippen LogP contribution in [0.4, 0.5) is 0 Å². The van der Waals surface area contributed by atoms with Crippen molar-refractivity contribution in [3.8, 4) is 50.9 Å². The van der Waals surface area contributed by atoms with Crippen molar-refractivity contribution in [2.24, 2.45) is 0 Å². The molecule has 0 spiro atoms. The SMILES string of the molecule is [2H]c1c([2H])c([2H])c(-c2c(C(C)(C)C)cc(C(C)(C)C)c(-c3c([2H])c([2H])c([2H])c([2H])c3[2H])c2-[n+]2[c-]n(-c3cccc(Oc4ccc5c6ccccc6n(-c6cc(C(C)(C)C)ccn6)c5c4)c3)c3ccccc32)c([2H])c1[2H]. The van der Waals surface area contributed by atoms with Crippen LogP contribution in [-0.2, 0) is 16.2 Å². The average Bonchev–Trinajstić information content (AvgIpc) is 3.92. The molecule has 7 aromatic carbocycles. The Morgan fingerprint density at radius 1 is 0.554 bits per heavy atom. The van der Waals surface area contributed by atoms with Gasteiger partial charge in [-0.05, 0) is 104 Å². The number of imidazole rings is 1. The van der Waals surface area contributed by atoms with E-state index < -0.39 is 71.3 Å². The first kappa shape index (κ1) is 31.6. The van der Waals surface area contributed by atoms with Gasteiger partial charge in [-0.25, -0.2) is 4.98 Å². The molecule has 0 unspecified atom stereocenters.